The van der Waals surface area contributed by atoms with E-state index in [2.05, 4.69) is 15.3 Å². The highest BCUT2D eigenvalue weighted by Crippen LogP contribution is 2.31. The molecular formula is C27H27N5O2. The molecule has 172 valence electrons. The molecule has 0 aliphatic carbocycles. The fourth-order valence-corrected chi connectivity index (χ4v) is 3.51. The molecule has 7 nitrogen and oxygen atoms in total. The molecular weight excluding hydrogens is 426 g/mol. The highest BCUT2D eigenvalue weighted by atomic mass is 16.5. The number of nitrogens with zero attached hydrogens (tertiary/aromatic N) is 3. The highest BCUT2D eigenvalue weighted by Gasteiger charge is 2.14. The molecule has 0 aliphatic rings. The monoisotopic (exact) mass is 453 g/mol. The maximum atomic E-state index is 12.8. The quantitative estimate of drug-likeness (QED) is 0.400. The number of ether oxygens (including phenoxy) is 1. The Balaban J connectivity index is 1.50. The van der Waals surface area contributed by atoms with Gasteiger partial charge in [-0.2, -0.15) is 0 Å². The van der Waals surface area contributed by atoms with Gasteiger partial charge in [0.05, 0.1) is 0 Å². The lowest BCUT2D eigenvalue weighted by Gasteiger charge is -2.18. The Morgan fingerprint density at radius 1 is 1.00 bits per heavy atom. The molecule has 0 aliphatic heterocycles. The lowest BCUT2D eigenvalue weighted by atomic mass is 10.1. The van der Waals surface area contributed by atoms with Crippen molar-refractivity contribution in [1.29, 1.82) is 0 Å². The van der Waals surface area contributed by atoms with Gasteiger partial charge in [-0.05, 0) is 66.6 Å². The number of pyridine rings is 2. The summed E-state index contributed by atoms with van der Waals surface area (Å²) in [6.07, 6.45) is 4.85. The molecule has 0 spiro atoms. The number of aromatic nitrogens is 2. The van der Waals surface area contributed by atoms with Crippen molar-refractivity contribution in [2.45, 2.75) is 13.0 Å². The van der Waals surface area contributed by atoms with Crippen molar-refractivity contribution in [3.8, 4) is 16.9 Å². The lowest BCUT2D eigenvalue weighted by Crippen LogP contribution is -2.14. The predicted molar refractivity (Wildman–Crippen MR) is 136 cm³/mol. The Hall–Kier alpha value is -4.39. The number of nitrogens with one attached hydrogen (secondary N) is 1. The average Bonchev–Trinajstić information content (AvgIpc) is 2.86. The molecule has 0 saturated carbocycles. The zero-order valence-corrected chi connectivity index (χ0v) is 19.4. The molecule has 1 unspecified atom stereocenters. The van der Waals surface area contributed by atoms with Crippen LogP contribution >= 0.6 is 0 Å². The minimum absolute atomic E-state index is 0.173. The van der Waals surface area contributed by atoms with Gasteiger partial charge in [-0.1, -0.05) is 18.2 Å². The second kappa shape index (κ2) is 10.0. The Morgan fingerprint density at radius 3 is 2.53 bits per heavy atom. The zero-order chi connectivity index (χ0) is 24.1. The number of hydrogen-bond acceptors (Lipinski definition) is 6. The number of amides is 1. The summed E-state index contributed by atoms with van der Waals surface area (Å²) in [5, 5.41) is 2.97. The molecule has 2 aromatic carbocycles. The minimum atomic E-state index is -0.314. The first kappa shape index (κ1) is 22.8. The Bertz CT molecular complexity index is 1290. The average molecular weight is 454 g/mol. The predicted octanol–water partition coefficient (Wildman–Crippen LogP) is 5.18. The standard InChI is InChI=1S/C27H27N5O2/c1-18(34-25-16-22(17-30-26(25)28)19-10-12-29-13-11-19)20-6-4-8-23(14-20)31-27(33)21-7-5-9-24(15-21)32(2)3/h4-18H,1-3H3,(H2,28,30)(H,31,33). The Labute approximate surface area is 199 Å². The van der Waals surface area contributed by atoms with E-state index >= 15 is 0 Å². The summed E-state index contributed by atoms with van der Waals surface area (Å²) in [5.41, 5.74) is 11.1. The number of nitrogen functional groups attached to an aromatic ring is 1. The van der Waals surface area contributed by atoms with Gasteiger partial charge in [0.15, 0.2) is 11.6 Å². The van der Waals surface area contributed by atoms with Crippen LogP contribution in [0.25, 0.3) is 11.1 Å². The van der Waals surface area contributed by atoms with E-state index < -0.39 is 0 Å². The Morgan fingerprint density at radius 2 is 1.76 bits per heavy atom. The van der Waals surface area contributed by atoms with E-state index in [4.69, 9.17) is 10.5 Å². The molecule has 1 atom stereocenters. The van der Waals surface area contributed by atoms with Crippen molar-refractivity contribution in [2.24, 2.45) is 0 Å². The molecule has 34 heavy (non-hydrogen) atoms. The van der Waals surface area contributed by atoms with Gasteiger partial charge in [0.2, 0.25) is 0 Å². The van der Waals surface area contributed by atoms with Gasteiger partial charge in [0.1, 0.15) is 6.10 Å². The van der Waals surface area contributed by atoms with E-state index in [1.54, 1.807) is 24.7 Å². The molecule has 2 aromatic heterocycles. The summed E-state index contributed by atoms with van der Waals surface area (Å²) >= 11 is 0. The van der Waals surface area contributed by atoms with E-state index in [-0.39, 0.29) is 12.0 Å². The largest absolute Gasteiger partial charge is 0.482 e. The maximum Gasteiger partial charge on any atom is 0.255 e. The molecule has 4 aromatic rings. The van der Waals surface area contributed by atoms with Crippen LogP contribution in [0.3, 0.4) is 0 Å². The lowest BCUT2D eigenvalue weighted by molar-refractivity contribution is 0.102. The van der Waals surface area contributed by atoms with Gasteiger partial charge in [-0.15, -0.1) is 0 Å². The SMILES string of the molecule is CC(Oc1cc(-c2ccncc2)cnc1N)c1cccc(NC(=O)c2cccc(N(C)C)c2)c1. The second-order valence-electron chi connectivity index (χ2n) is 8.13. The maximum absolute atomic E-state index is 12.8. The van der Waals surface area contributed by atoms with Crippen LogP contribution in [0.15, 0.2) is 85.3 Å². The highest BCUT2D eigenvalue weighted by molar-refractivity contribution is 6.04. The summed E-state index contributed by atoms with van der Waals surface area (Å²) in [6, 6.07) is 20.7. The summed E-state index contributed by atoms with van der Waals surface area (Å²) in [5.74, 6) is 0.638. The van der Waals surface area contributed by atoms with Crippen molar-refractivity contribution in [2.75, 3.05) is 30.0 Å². The van der Waals surface area contributed by atoms with Crippen molar-refractivity contribution in [3.05, 3.63) is 96.4 Å². The minimum Gasteiger partial charge on any atom is -0.482 e. The van der Waals surface area contributed by atoms with E-state index in [0.29, 0.717) is 22.8 Å². The molecule has 1 amide bonds. The number of nitrogens with two attached hydrogens (primary N) is 1. The summed E-state index contributed by atoms with van der Waals surface area (Å²) in [7, 11) is 3.88. The topological polar surface area (TPSA) is 93.4 Å². The molecule has 4 rings (SSSR count). The smallest absolute Gasteiger partial charge is 0.255 e. The molecule has 0 bridgehead atoms. The van der Waals surface area contributed by atoms with E-state index in [9.17, 15) is 4.79 Å². The number of rotatable bonds is 7. The molecule has 2 heterocycles. The zero-order valence-electron chi connectivity index (χ0n) is 19.4. The van der Waals surface area contributed by atoms with E-state index in [0.717, 1.165) is 22.4 Å². The number of carbonyl (C=O) groups is 1. The second-order valence-corrected chi connectivity index (χ2v) is 8.13. The van der Waals surface area contributed by atoms with Crippen LogP contribution < -0.4 is 20.7 Å². The Kier molecular flexibility index (Phi) is 6.73. The van der Waals surface area contributed by atoms with Crippen LogP contribution in [0, 0.1) is 0 Å². The molecule has 3 N–H and O–H groups in total. The van der Waals surface area contributed by atoms with Gasteiger partial charge >= 0.3 is 0 Å². The fraction of sp³-hybridized carbons (Fsp3) is 0.148. The van der Waals surface area contributed by atoms with Gasteiger partial charge in [0, 0.05) is 55.2 Å². The first-order valence-corrected chi connectivity index (χ1v) is 10.9. The van der Waals surface area contributed by atoms with Crippen LogP contribution in [-0.2, 0) is 0 Å². The van der Waals surface area contributed by atoms with Crippen molar-refractivity contribution in [1.82, 2.24) is 9.97 Å². The summed E-state index contributed by atoms with van der Waals surface area (Å²) in [4.78, 5) is 23.1. The van der Waals surface area contributed by atoms with Gasteiger partial charge in [0.25, 0.3) is 5.91 Å². The van der Waals surface area contributed by atoms with Crippen molar-refractivity contribution >= 4 is 23.1 Å². The molecule has 7 heteroatoms. The van der Waals surface area contributed by atoms with Crippen LogP contribution in [0.4, 0.5) is 17.2 Å². The number of hydrogen-bond donors (Lipinski definition) is 2. The first-order valence-electron chi connectivity index (χ1n) is 10.9. The fourth-order valence-electron chi connectivity index (χ4n) is 3.51. The van der Waals surface area contributed by atoms with Gasteiger partial charge < -0.3 is 20.7 Å². The van der Waals surface area contributed by atoms with Crippen LogP contribution in [-0.4, -0.2) is 30.0 Å². The van der Waals surface area contributed by atoms with Crippen LogP contribution in [0.2, 0.25) is 0 Å². The van der Waals surface area contributed by atoms with Gasteiger partial charge in [-0.3, -0.25) is 9.78 Å². The molecule has 0 saturated heterocycles. The van der Waals surface area contributed by atoms with Gasteiger partial charge in [-0.25, -0.2) is 4.98 Å². The normalized spacial score (nSPS) is 11.5. The van der Waals surface area contributed by atoms with Crippen LogP contribution in [0.1, 0.15) is 28.9 Å². The molecule has 0 radical (unpaired) electrons. The third-order valence-corrected chi connectivity index (χ3v) is 5.44. The third kappa shape index (κ3) is 5.32. The van der Waals surface area contributed by atoms with Crippen molar-refractivity contribution < 1.29 is 9.53 Å². The number of benzene rings is 2. The first-order chi connectivity index (χ1) is 16.4. The number of anilines is 3. The summed E-state index contributed by atoms with van der Waals surface area (Å²) in [6.45, 7) is 1.93. The van der Waals surface area contributed by atoms with Crippen LogP contribution in [0.5, 0.6) is 5.75 Å². The van der Waals surface area contributed by atoms with E-state index in [1.165, 1.54) is 0 Å². The molecule has 0 fully saturated rings. The van der Waals surface area contributed by atoms with Crippen molar-refractivity contribution in [3.63, 3.8) is 0 Å². The summed E-state index contributed by atoms with van der Waals surface area (Å²) < 4.78 is 6.16. The van der Waals surface area contributed by atoms with E-state index in [1.807, 2.05) is 86.6 Å². The number of carbonyl (C=O) groups excluding carboxylic acids is 1. The third-order valence-electron chi connectivity index (χ3n) is 5.44.